The molecule has 1 aromatic heterocycles. The number of aromatic nitrogens is 1. The van der Waals surface area contributed by atoms with E-state index in [9.17, 15) is 4.79 Å². The second-order valence-electron chi connectivity index (χ2n) is 4.67. The maximum Gasteiger partial charge on any atom is 0.309 e. The van der Waals surface area contributed by atoms with Gasteiger partial charge in [0.2, 0.25) is 0 Å². The highest BCUT2D eigenvalue weighted by Gasteiger charge is 2.04. The van der Waals surface area contributed by atoms with Gasteiger partial charge in [-0.25, -0.2) is 0 Å². The zero-order valence-electron chi connectivity index (χ0n) is 10.8. The van der Waals surface area contributed by atoms with E-state index in [0.29, 0.717) is 5.69 Å². The summed E-state index contributed by atoms with van der Waals surface area (Å²) in [5, 5.41) is 10.9. The third-order valence-electron chi connectivity index (χ3n) is 3.22. The lowest BCUT2D eigenvalue weighted by atomic mass is 10.0. The molecular formula is C17H13NO2. The summed E-state index contributed by atoms with van der Waals surface area (Å²) in [5.41, 5.74) is 2.84. The number of carboxylic acid groups (broad SMARTS) is 1. The van der Waals surface area contributed by atoms with Crippen LogP contribution in [0.15, 0.2) is 60.8 Å². The number of fused-ring (bicyclic) bond motifs is 1. The molecule has 0 aliphatic carbocycles. The second kappa shape index (κ2) is 5.13. The quantitative estimate of drug-likeness (QED) is 0.786. The lowest BCUT2D eigenvalue weighted by Crippen LogP contribution is -2.01. The highest BCUT2D eigenvalue weighted by atomic mass is 16.4. The third-order valence-corrected chi connectivity index (χ3v) is 3.22. The van der Waals surface area contributed by atoms with Crippen LogP contribution < -0.4 is 0 Å². The van der Waals surface area contributed by atoms with Gasteiger partial charge in [-0.15, -0.1) is 0 Å². The first-order valence-electron chi connectivity index (χ1n) is 6.38. The Morgan fingerprint density at radius 2 is 1.75 bits per heavy atom. The minimum Gasteiger partial charge on any atom is -0.481 e. The van der Waals surface area contributed by atoms with Gasteiger partial charge in [0.25, 0.3) is 0 Å². The fourth-order valence-electron chi connectivity index (χ4n) is 2.25. The molecule has 0 aliphatic rings. The van der Waals surface area contributed by atoms with Gasteiger partial charge >= 0.3 is 5.97 Å². The van der Waals surface area contributed by atoms with E-state index in [0.717, 1.165) is 21.9 Å². The maximum absolute atomic E-state index is 10.8. The number of carbonyl (C=O) groups is 1. The number of pyridine rings is 1. The Morgan fingerprint density at radius 3 is 2.50 bits per heavy atom. The van der Waals surface area contributed by atoms with Crippen molar-refractivity contribution in [2.75, 3.05) is 0 Å². The van der Waals surface area contributed by atoms with E-state index >= 15 is 0 Å². The first-order chi connectivity index (χ1) is 9.72. The summed E-state index contributed by atoms with van der Waals surface area (Å²) in [6.07, 6.45) is 1.67. The monoisotopic (exact) mass is 263 g/mol. The molecule has 20 heavy (non-hydrogen) atoms. The van der Waals surface area contributed by atoms with Gasteiger partial charge in [0.15, 0.2) is 0 Å². The van der Waals surface area contributed by atoms with Crippen LogP contribution in [-0.4, -0.2) is 16.1 Å². The molecule has 3 rings (SSSR count). The molecule has 3 nitrogen and oxygen atoms in total. The van der Waals surface area contributed by atoms with E-state index in [1.54, 1.807) is 6.20 Å². The van der Waals surface area contributed by atoms with Gasteiger partial charge in [-0.3, -0.25) is 9.78 Å². The van der Waals surface area contributed by atoms with Crippen LogP contribution in [-0.2, 0) is 11.2 Å². The van der Waals surface area contributed by atoms with Gasteiger partial charge in [0.1, 0.15) is 0 Å². The van der Waals surface area contributed by atoms with Crippen LogP contribution in [0.4, 0.5) is 0 Å². The molecule has 0 radical (unpaired) electrons. The van der Waals surface area contributed by atoms with Gasteiger partial charge in [-0.05, 0) is 28.6 Å². The molecule has 0 amide bonds. The maximum atomic E-state index is 10.8. The molecule has 0 saturated carbocycles. The third kappa shape index (κ3) is 2.52. The van der Waals surface area contributed by atoms with E-state index < -0.39 is 5.97 Å². The van der Waals surface area contributed by atoms with Crippen LogP contribution in [0.25, 0.3) is 21.9 Å². The number of carboxylic acids is 1. The van der Waals surface area contributed by atoms with Crippen molar-refractivity contribution in [1.82, 2.24) is 4.98 Å². The minimum absolute atomic E-state index is 0.0501. The van der Waals surface area contributed by atoms with Crippen molar-refractivity contribution in [3.63, 3.8) is 0 Å². The Hall–Kier alpha value is -2.68. The predicted octanol–water partition coefficient (Wildman–Crippen LogP) is 3.53. The van der Waals surface area contributed by atoms with Gasteiger partial charge in [-0.1, -0.05) is 42.5 Å². The summed E-state index contributed by atoms with van der Waals surface area (Å²) in [6.45, 7) is 0. The number of rotatable bonds is 3. The molecule has 0 fully saturated rings. The van der Waals surface area contributed by atoms with Crippen LogP contribution in [0.3, 0.4) is 0 Å². The Labute approximate surface area is 116 Å². The fourth-order valence-corrected chi connectivity index (χ4v) is 2.25. The first kappa shape index (κ1) is 12.4. The summed E-state index contributed by atoms with van der Waals surface area (Å²) in [7, 11) is 0. The minimum atomic E-state index is -0.865. The average Bonchev–Trinajstić information content (AvgIpc) is 2.47. The molecule has 0 bridgehead atoms. The van der Waals surface area contributed by atoms with Crippen molar-refractivity contribution in [1.29, 1.82) is 0 Å². The Morgan fingerprint density at radius 1 is 0.950 bits per heavy atom. The summed E-state index contributed by atoms with van der Waals surface area (Å²) >= 11 is 0. The zero-order valence-corrected chi connectivity index (χ0v) is 10.8. The van der Waals surface area contributed by atoms with E-state index in [1.807, 2.05) is 30.3 Å². The summed E-state index contributed by atoms with van der Waals surface area (Å²) in [6, 6.07) is 18.1. The number of nitrogens with zero attached hydrogens (tertiary/aromatic N) is 1. The lowest BCUT2D eigenvalue weighted by molar-refractivity contribution is -0.136. The van der Waals surface area contributed by atoms with Crippen LogP contribution in [0.2, 0.25) is 0 Å². The van der Waals surface area contributed by atoms with Crippen LogP contribution in [0.5, 0.6) is 0 Å². The lowest BCUT2D eigenvalue weighted by Gasteiger charge is -2.05. The van der Waals surface area contributed by atoms with Crippen molar-refractivity contribution >= 4 is 16.7 Å². The second-order valence-corrected chi connectivity index (χ2v) is 4.67. The summed E-state index contributed by atoms with van der Waals surface area (Å²) < 4.78 is 0. The van der Waals surface area contributed by atoms with Gasteiger partial charge in [0, 0.05) is 11.6 Å². The van der Waals surface area contributed by atoms with Crippen molar-refractivity contribution in [2.24, 2.45) is 0 Å². The number of hydrogen-bond acceptors (Lipinski definition) is 2. The molecule has 98 valence electrons. The van der Waals surface area contributed by atoms with Crippen molar-refractivity contribution < 1.29 is 9.90 Å². The molecular weight excluding hydrogens is 250 g/mol. The zero-order chi connectivity index (χ0) is 13.9. The van der Waals surface area contributed by atoms with Crippen LogP contribution in [0.1, 0.15) is 5.69 Å². The Bertz CT molecular complexity index is 766. The SMILES string of the molecule is O=C(O)Cc1cc2cc(-c3ccccc3)ccc2cn1. The molecule has 0 unspecified atom stereocenters. The highest BCUT2D eigenvalue weighted by molar-refractivity contribution is 5.87. The van der Waals surface area contributed by atoms with E-state index in [1.165, 1.54) is 0 Å². The molecule has 0 spiro atoms. The predicted molar refractivity (Wildman–Crippen MR) is 78.5 cm³/mol. The molecule has 1 N–H and O–H groups in total. The smallest absolute Gasteiger partial charge is 0.309 e. The summed E-state index contributed by atoms with van der Waals surface area (Å²) in [4.78, 5) is 14.9. The topological polar surface area (TPSA) is 50.2 Å². The van der Waals surface area contributed by atoms with Crippen molar-refractivity contribution in [3.05, 3.63) is 66.5 Å². The first-order valence-corrected chi connectivity index (χ1v) is 6.38. The Balaban J connectivity index is 2.07. The van der Waals surface area contributed by atoms with E-state index in [-0.39, 0.29) is 6.42 Å². The largest absolute Gasteiger partial charge is 0.481 e. The van der Waals surface area contributed by atoms with Gasteiger partial charge in [0.05, 0.1) is 12.1 Å². The molecule has 2 aromatic carbocycles. The van der Waals surface area contributed by atoms with E-state index in [4.69, 9.17) is 5.11 Å². The van der Waals surface area contributed by atoms with Gasteiger partial charge < -0.3 is 5.11 Å². The molecule has 0 atom stereocenters. The number of hydrogen-bond donors (Lipinski definition) is 1. The summed E-state index contributed by atoms with van der Waals surface area (Å²) in [5.74, 6) is -0.865. The average molecular weight is 263 g/mol. The number of benzene rings is 2. The molecule has 3 heteroatoms. The van der Waals surface area contributed by atoms with Gasteiger partial charge in [-0.2, -0.15) is 0 Å². The van der Waals surface area contributed by atoms with Crippen molar-refractivity contribution in [3.8, 4) is 11.1 Å². The van der Waals surface area contributed by atoms with Crippen molar-refractivity contribution in [2.45, 2.75) is 6.42 Å². The van der Waals surface area contributed by atoms with E-state index in [2.05, 4.69) is 29.2 Å². The molecule has 0 aliphatic heterocycles. The van der Waals surface area contributed by atoms with Crippen LogP contribution in [0, 0.1) is 0 Å². The standard InChI is InChI=1S/C17H13NO2/c19-17(20)10-16-9-15-8-13(6-7-14(15)11-18-16)12-4-2-1-3-5-12/h1-9,11H,10H2,(H,19,20). The molecule has 3 aromatic rings. The molecule has 1 heterocycles. The normalized spacial score (nSPS) is 10.6. The fraction of sp³-hybridized carbons (Fsp3) is 0.0588. The number of aliphatic carboxylic acids is 1. The highest BCUT2D eigenvalue weighted by Crippen LogP contribution is 2.24. The Kier molecular flexibility index (Phi) is 3.17. The molecule has 0 saturated heterocycles. The van der Waals surface area contributed by atoms with Crippen LogP contribution >= 0.6 is 0 Å².